The second-order valence-electron chi connectivity index (χ2n) is 17.5. The molecule has 0 saturated heterocycles. The second-order valence-corrected chi connectivity index (χ2v) is 18.6. The molecule has 2 aromatic heterocycles. The average molecular weight is 827 g/mol. The minimum Gasteiger partial charge on any atom is -0.459 e. The summed E-state index contributed by atoms with van der Waals surface area (Å²) in [6.07, 6.45) is 13.6. The summed E-state index contributed by atoms with van der Waals surface area (Å²) in [6.45, 7) is 2.26. The molecule has 2 heterocycles. The number of rotatable bonds is 7. The van der Waals surface area contributed by atoms with Gasteiger partial charge in [0.1, 0.15) is 11.3 Å². The van der Waals surface area contributed by atoms with Gasteiger partial charge in [0.05, 0.1) is 0 Å². The summed E-state index contributed by atoms with van der Waals surface area (Å²) in [5.74, 6) is 1.96. The lowest BCUT2D eigenvalue weighted by Crippen LogP contribution is -2.02. The van der Waals surface area contributed by atoms with E-state index in [0.29, 0.717) is 11.8 Å². The molecule has 1 nitrogen and oxygen atoms in total. The Morgan fingerprint density at radius 3 is 1.78 bits per heavy atom. The standard InChI is InChI=1S/C61H46OS/c1-39-15-10-27-55-56-28-13-25-52(60(56)62-59(39)55)44-22-11-20-42(31-44)48-36-49(43-21-12-23-45(32-43)53-26-14-29-57-54-24-8-9-30-58(54)63-61(53)57)38-51(37-48)50-34-46(40-16-4-2-5-17-40)33-47(35-50)41-18-6-3-7-19-41/h2-6,8-14,16-17,20-39,41H,7,15,18-19H2,1H3. The van der Waals surface area contributed by atoms with Gasteiger partial charge in [0.15, 0.2) is 0 Å². The molecule has 63 heavy (non-hydrogen) atoms. The molecule has 2 unspecified atom stereocenters. The van der Waals surface area contributed by atoms with Crippen LogP contribution in [0.5, 0.6) is 0 Å². The molecule has 0 amide bonds. The first-order valence-corrected chi connectivity index (χ1v) is 23.3. The summed E-state index contributed by atoms with van der Waals surface area (Å²) in [5.41, 5.74) is 18.2. The van der Waals surface area contributed by atoms with E-state index in [1.54, 1.807) is 0 Å². The summed E-state index contributed by atoms with van der Waals surface area (Å²) in [5, 5.41) is 3.83. The average Bonchev–Trinajstić information content (AvgIpc) is 3.94. The van der Waals surface area contributed by atoms with Crippen LogP contribution >= 0.6 is 11.3 Å². The number of benzene rings is 8. The zero-order chi connectivity index (χ0) is 41.9. The van der Waals surface area contributed by atoms with Gasteiger partial charge in [-0.3, -0.25) is 0 Å². The summed E-state index contributed by atoms with van der Waals surface area (Å²) >= 11 is 1.89. The number of hydrogen-bond acceptors (Lipinski definition) is 2. The van der Waals surface area contributed by atoms with E-state index < -0.39 is 0 Å². The zero-order valence-electron chi connectivity index (χ0n) is 35.4. The molecular weight excluding hydrogens is 781 g/mol. The Kier molecular flexibility index (Phi) is 9.42. The third kappa shape index (κ3) is 6.87. The molecule has 2 heteroatoms. The highest BCUT2D eigenvalue weighted by Crippen LogP contribution is 2.44. The van der Waals surface area contributed by atoms with Gasteiger partial charge in [-0.05, 0) is 141 Å². The van der Waals surface area contributed by atoms with Crippen molar-refractivity contribution in [1.29, 1.82) is 0 Å². The van der Waals surface area contributed by atoms with Crippen molar-refractivity contribution in [3.8, 4) is 66.8 Å². The summed E-state index contributed by atoms with van der Waals surface area (Å²) in [4.78, 5) is 0. The lowest BCUT2D eigenvalue weighted by molar-refractivity contribution is 0.504. The maximum absolute atomic E-state index is 6.73. The Labute approximate surface area is 373 Å². The predicted molar refractivity (Wildman–Crippen MR) is 270 cm³/mol. The van der Waals surface area contributed by atoms with Crippen LogP contribution in [0, 0.1) is 0 Å². The topological polar surface area (TPSA) is 13.1 Å². The van der Waals surface area contributed by atoms with Gasteiger partial charge in [0.2, 0.25) is 0 Å². The van der Waals surface area contributed by atoms with Gasteiger partial charge in [0, 0.05) is 42.6 Å². The normalized spacial score (nSPS) is 16.0. The number of thiophene rings is 1. The van der Waals surface area contributed by atoms with Crippen LogP contribution in [-0.2, 0) is 0 Å². The van der Waals surface area contributed by atoms with Crippen LogP contribution in [-0.4, -0.2) is 0 Å². The number of para-hydroxylation sites is 1. The Bertz CT molecular complexity index is 3430. The van der Waals surface area contributed by atoms with E-state index in [4.69, 9.17) is 4.42 Å². The molecule has 2 aliphatic rings. The largest absolute Gasteiger partial charge is 0.459 e. The lowest BCUT2D eigenvalue weighted by atomic mass is 9.84. The number of allylic oxidation sites excluding steroid dienone is 3. The first kappa shape index (κ1) is 37.7. The molecule has 12 rings (SSSR count). The van der Waals surface area contributed by atoms with E-state index in [1.165, 1.54) is 98.7 Å². The highest BCUT2D eigenvalue weighted by atomic mass is 32.1. The van der Waals surface area contributed by atoms with Crippen molar-refractivity contribution in [3.05, 3.63) is 211 Å². The van der Waals surface area contributed by atoms with Crippen LogP contribution in [0.1, 0.15) is 61.3 Å². The summed E-state index contributed by atoms with van der Waals surface area (Å²) < 4.78 is 9.39. The smallest absolute Gasteiger partial charge is 0.142 e. The van der Waals surface area contributed by atoms with Crippen molar-refractivity contribution >= 4 is 48.6 Å². The van der Waals surface area contributed by atoms with Crippen molar-refractivity contribution in [2.45, 2.75) is 44.4 Å². The molecule has 0 spiro atoms. The van der Waals surface area contributed by atoms with E-state index in [-0.39, 0.29) is 0 Å². The highest BCUT2D eigenvalue weighted by molar-refractivity contribution is 7.26. The van der Waals surface area contributed by atoms with Crippen molar-refractivity contribution in [3.63, 3.8) is 0 Å². The van der Waals surface area contributed by atoms with Crippen LogP contribution < -0.4 is 0 Å². The fourth-order valence-corrected chi connectivity index (χ4v) is 11.4. The van der Waals surface area contributed by atoms with E-state index in [0.717, 1.165) is 41.7 Å². The molecule has 2 atom stereocenters. The number of fused-ring (bicyclic) bond motifs is 6. The predicted octanol–water partition coefficient (Wildman–Crippen LogP) is 18.1. The van der Waals surface area contributed by atoms with Gasteiger partial charge in [-0.2, -0.15) is 0 Å². The van der Waals surface area contributed by atoms with Crippen molar-refractivity contribution in [2.24, 2.45) is 0 Å². The van der Waals surface area contributed by atoms with Crippen LogP contribution in [0.4, 0.5) is 0 Å². The maximum Gasteiger partial charge on any atom is 0.142 e. The van der Waals surface area contributed by atoms with Gasteiger partial charge in [-0.15, -0.1) is 11.3 Å². The Morgan fingerprint density at radius 2 is 1.03 bits per heavy atom. The summed E-state index contributed by atoms with van der Waals surface area (Å²) in [6, 6.07) is 65.8. The van der Waals surface area contributed by atoms with Crippen molar-refractivity contribution in [2.75, 3.05) is 0 Å². The Balaban J connectivity index is 1.04. The first-order chi connectivity index (χ1) is 31.1. The SMILES string of the molecule is CC1CC=Cc2c1oc1c(-c3cccc(-c4cc(-c5cccc(-c6cccc7c6sc6ccccc67)c5)cc(-c5cc(-c6ccccc6)cc(C6CC=CCC6)c5)c4)c3)cccc21. The van der Waals surface area contributed by atoms with Gasteiger partial charge in [-0.1, -0.05) is 165 Å². The molecule has 0 aliphatic heterocycles. The molecule has 2 aliphatic carbocycles. The lowest BCUT2D eigenvalue weighted by Gasteiger charge is -2.21. The van der Waals surface area contributed by atoms with Gasteiger partial charge in [-0.25, -0.2) is 0 Å². The third-order valence-corrected chi connectivity index (χ3v) is 14.7. The maximum atomic E-state index is 6.73. The van der Waals surface area contributed by atoms with Gasteiger partial charge < -0.3 is 4.42 Å². The molecule has 0 N–H and O–H groups in total. The monoisotopic (exact) mass is 826 g/mol. The zero-order valence-corrected chi connectivity index (χ0v) is 36.2. The molecule has 0 fully saturated rings. The first-order valence-electron chi connectivity index (χ1n) is 22.5. The third-order valence-electron chi connectivity index (χ3n) is 13.5. The number of furan rings is 1. The molecule has 0 bridgehead atoms. The van der Waals surface area contributed by atoms with E-state index in [2.05, 4.69) is 207 Å². The van der Waals surface area contributed by atoms with E-state index in [1.807, 2.05) is 11.3 Å². The molecule has 0 saturated carbocycles. The van der Waals surface area contributed by atoms with Crippen molar-refractivity contribution in [1.82, 2.24) is 0 Å². The van der Waals surface area contributed by atoms with Crippen LogP contribution in [0.3, 0.4) is 0 Å². The molecule has 0 radical (unpaired) electrons. The van der Waals surface area contributed by atoms with Crippen LogP contribution in [0.15, 0.2) is 199 Å². The fraction of sp³-hybridized carbons (Fsp3) is 0.115. The van der Waals surface area contributed by atoms with Crippen molar-refractivity contribution < 1.29 is 4.42 Å². The van der Waals surface area contributed by atoms with E-state index >= 15 is 0 Å². The van der Waals surface area contributed by atoms with Crippen LogP contribution in [0.25, 0.3) is 104 Å². The van der Waals surface area contributed by atoms with Gasteiger partial charge in [0.25, 0.3) is 0 Å². The minimum absolute atomic E-state index is 0.365. The molecule has 302 valence electrons. The quantitative estimate of drug-likeness (QED) is 0.146. The fourth-order valence-electron chi connectivity index (χ4n) is 10.2. The van der Waals surface area contributed by atoms with Crippen LogP contribution in [0.2, 0.25) is 0 Å². The summed E-state index contributed by atoms with van der Waals surface area (Å²) in [7, 11) is 0. The molecular formula is C61H46OS. The highest BCUT2D eigenvalue weighted by Gasteiger charge is 2.23. The van der Waals surface area contributed by atoms with Gasteiger partial charge >= 0.3 is 0 Å². The number of hydrogen-bond donors (Lipinski definition) is 0. The molecule has 8 aromatic carbocycles. The second kappa shape index (κ2) is 15.7. The molecule has 10 aromatic rings. The Morgan fingerprint density at radius 1 is 0.460 bits per heavy atom. The Hall–Kier alpha value is -7.00. The minimum atomic E-state index is 0.365. The van der Waals surface area contributed by atoms with E-state index in [9.17, 15) is 0 Å².